The summed E-state index contributed by atoms with van der Waals surface area (Å²) in [5.74, 6) is 1.41. The predicted molar refractivity (Wildman–Crippen MR) is 120 cm³/mol. The van der Waals surface area contributed by atoms with Crippen molar-refractivity contribution in [2.24, 2.45) is 4.99 Å². The third-order valence-corrected chi connectivity index (χ3v) is 4.09. The Balaban J connectivity index is 0.00000364. The van der Waals surface area contributed by atoms with Gasteiger partial charge in [-0.05, 0) is 36.8 Å². The number of hydrogen-bond acceptors (Lipinski definition) is 3. The van der Waals surface area contributed by atoms with Gasteiger partial charge in [-0.2, -0.15) is 0 Å². The summed E-state index contributed by atoms with van der Waals surface area (Å²) in [6.45, 7) is 2.75. The first-order valence-corrected chi connectivity index (χ1v) is 8.86. The number of halogens is 2. The summed E-state index contributed by atoms with van der Waals surface area (Å²) in [5, 5.41) is 7.27. The maximum atomic E-state index is 11.8. The van der Waals surface area contributed by atoms with Gasteiger partial charge in [0.15, 0.2) is 5.96 Å². The maximum absolute atomic E-state index is 11.8. The zero-order valence-electron chi connectivity index (χ0n) is 15.7. The van der Waals surface area contributed by atoms with Crippen molar-refractivity contribution in [3.05, 3.63) is 59.0 Å². The Morgan fingerprint density at radius 3 is 2.56 bits per heavy atom. The molecule has 2 aromatic rings. The van der Waals surface area contributed by atoms with Gasteiger partial charge in [0.2, 0.25) is 5.91 Å². The number of benzene rings is 1. The Kier molecular flexibility index (Phi) is 10.2. The van der Waals surface area contributed by atoms with Crippen LogP contribution in [0.2, 0.25) is 5.02 Å². The van der Waals surface area contributed by atoms with E-state index in [1.165, 1.54) is 4.90 Å². The van der Waals surface area contributed by atoms with Crippen LogP contribution in [0.15, 0.2) is 52.1 Å². The molecule has 2 rings (SSSR count). The van der Waals surface area contributed by atoms with Crippen molar-refractivity contribution in [3.63, 3.8) is 0 Å². The summed E-state index contributed by atoms with van der Waals surface area (Å²) in [5.41, 5.74) is 1.08. The van der Waals surface area contributed by atoms with Gasteiger partial charge in [0.1, 0.15) is 12.3 Å². The van der Waals surface area contributed by atoms with Crippen LogP contribution in [-0.4, -0.2) is 44.0 Å². The Labute approximate surface area is 182 Å². The van der Waals surface area contributed by atoms with Crippen molar-refractivity contribution in [1.29, 1.82) is 0 Å². The van der Waals surface area contributed by atoms with Crippen LogP contribution in [0.4, 0.5) is 0 Å². The Bertz CT molecular complexity index is 718. The van der Waals surface area contributed by atoms with Gasteiger partial charge in [-0.15, -0.1) is 24.0 Å². The van der Waals surface area contributed by atoms with Crippen molar-refractivity contribution in [3.8, 4) is 0 Å². The molecule has 0 fully saturated rings. The van der Waals surface area contributed by atoms with Crippen LogP contribution >= 0.6 is 35.6 Å². The number of hydrogen-bond donors (Lipinski definition) is 2. The quantitative estimate of drug-likeness (QED) is 0.344. The van der Waals surface area contributed by atoms with Crippen LogP contribution in [0.3, 0.4) is 0 Å². The number of carbonyl (C=O) groups is 1. The van der Waals surface area contributed by atoms with Crippen molar-refractivity contribution in [2.75, 3.05) is 27.2 Å². The van der Waals surface area contributed by atoms with E-state index in [1.54, 1.807) is 20.4 Å². The number of likely N-dealkylation sites (N-methyl/N-ethyl adjacent to an activating group) is 1. The van der Waals surface area contributed by atoms with E-state index in [0.29, 0.717) is 17.5 Å². The van der Waals surface area contributed by atoms with Gasteiger partial charge in [-0.3, -0.25) is 4.79 Å². The molecule has 1 amide bonds. The van der Waals surface area contributed by atoms with E-state index in [4.69, 9.17) is 16.0 Å². The smallest absolute Gasteiger partial charge is 0.243 e. The summed E-state index contributed by atoms with van der Waals surface area (Å²) in [6, 6.07) is 11.4. The monoisotopic (exact) mass is 504 g/mol. The van der Waals surface area contributed by atoms with Crippen molar-refractivity contribution >= 4 is 47.4 Å². The van der Waals surface area contributed by atoms with Gasteiger partial charge >= 0.3 is 0 Å². The van der Waals surface area contributed by atoms with Crippen LogP contribution in [0, 0.1) is 0 Å². The van der Waals surface area contributed by atoms with E-state index in [1.807, 2.05) is 43.3 Å². The van der Waals surface area contributed by atoms with E-state index in [2.05, 4.69) is 15.6 Å². The molecule has 2 N–H and O–H groups in total. The molecule has 0 aliphatic heterocycles. The number of furan rings is 1. The third kappa shape index (κ3) is 8.21. The summed E-state index contributed by atoms with van der Waals surface area (Å²) in [7, 11) is 3.43. The lowest BCUT2D eigenvalue weighted by Gasteiger charge is -2.19. The molecule has 1 aromatic carbocycles. The first kappa shape index (κ1) is 23.3. The summed E-state index contributed by atoms with van der Waals surface area (Å²) < 4.78 is 5.33. The highest BCUT2D eigenvalue weighted by atomic mass is 127. The lowest BCUT2D eigenvalue weighted by molar-refractivity contribution is -0.127. The zero-order chi connectivity index (χ0) is 18.9. The number of aliphatic imine (C=N–C) groups is 1. The number of nitrogens with one attached hydrogen (secondary N) is 2. The highest BCUT2D eigenvalue weighted by Crippen LogP contribution is 2.15. The normalized spacial score (nSPS) is 12.1. The molecule has 0 saturated carbocycles. The van der Waals surface area contributed by atoms with Gasteiger partial charge in [0.05, 0.1) is 12.3 Å². The molecule has 1 heterocycles. The topological polar surface area (TPSA) is 69.9 Å². The molecule has 8 heteroatoms. The summed E-state index contributed by atoms with van der Waals surface area (Å²) >= 11 is 5.95. The fourth-order valence-corrected chi connectivity index (χ4v) is 2.37. The molecule has 1 unspecified atom stereocenters. The molecule has 27 heavy (non-hydrogen) atoms. The minimum absolute atomic E-state index is 0. The highest BCUT2D eigenvalue weighted by Gasteiger charge is 2.10. The van der Waals surface area contributed by atoms with E-state index < -0.39 is 0 Å². The molecule has 0 aliphatic rings. The molecular weight excluding hydrogens is 479 g/mol. The van der Waals surface area contributed by atoms with Crippen LogP contribution < -0.4 is 10.6 Å². The molecule has 0 radical (unpaired) electrons. The van der Waals surface area contributed by atoms with E-state index in [-0.39, 0.29) is 42.5 Å². The average Bonchev–Trinajstić information content (AvgIpc) is 3.13. The van der Waals surface area contributed by atoms with E-state index >= 15 is 0 Å². The number of amides is 1. The van der Waals surface area contributed by atoms with E-state index in [0.717, 1.165) is 17.7 Å². The van der Waals surface area contributed by atoms with Crippen molar-refractivity contribution in [2.45, 2.75) is 19.4 Å². The second-order valence-electron chi connectivity index (χ2n) is 6.13. The zero-order valence-corrected chi connectivity index (χ0v) is 18.8. The molecule has 0 aliphatic carbocycles. The maximum Gasteiger partial charge on any atom is 0.243 e. The molecule has 0 bridgehead atoms. The van der Waals surface area contributed by atoms with Gasteiger partial charge in [0.25, 0.3) is 0 Å². The summed E-state index contributed by atoms with van der Waals surface area (Å²) in [4.78, 5) is 17.7. The largest absolute Gasteiger partial charge is 0.469 e. The predicted octanol–water partition coefficient (Wildman–Crippen LogP) is 3.48. The molecule has 0 saturated heterocycles. The molecule has 1 atom stereocenters. The van der Waals surface area contributed by atoms with Gasteiger partial charge < -0.3 is 20.0 Å². The molecule has 1 aromatic heterocycles. The van der Waals surface area contributed by atoms with Gasteiger partial charge in [0, 0.05) is 32.1 Å². The fourth-order valence-electron chi connectivity index (χ4n) is 2.24. The lowest BCUT2D eigenvalue weighted by atomic mass is 10.1. The Hall–Kier alpha value is -1.74. The third-order valence-electron chi connectivity index (χ3n) is 3.84. The minimum atomic E-state index is -0.0590. The van der Waals surface area contributed by atoms with Crippen LogP contribution in [0.1, 0.15) is 24.3 Å². The number of guanidine groups is 1. The average molecular weight is 505 g/mol. The van der Waals surface area contributed by atoms with E-state index in [9.17, 15) is 4.79 Å². The lowest BCUT2D eigenvalue weighted by Crippen LogP contribution is -2.40. The molecule has 6 nitrogen and oxygen atoms in total. The second kappa shape index (κ2) is 11.9. The highest BCUT2D eigenvalue weighted by molar-refractivity contribution is 14.0. The number of nitrogens with zero attached hydrogens (tertiary/aromatic N) is 2. The van der Waals surface area contributed by atoms with Crippen LogP contribution in [0.25, 0.3) is 0 Å². The standard InChI is InChI=1S/C19H25ClN4O2.HI/c1-14(15-6-8-16(20)9-7-15)23-19(22-13-18(25)24(2)3)21-11-10-17-5-4-12-26-17;/h4-9,12,14H,10-11,13H2,1-3H3,(H2,21,22,23);1H. The molecule has 148 valence electrons. The van der Waals surface area contributed by atoms with Crippen LogP contribution in [-0.2, 0) is 11.2 Å². The molecule has 0 spiro atoms. The first-order valence-electron chi connectivity index (χ1n) is 8.48. The SMILES string of the molecule is CC(NC(=NCC(=O)N(C)C)NCCc1ccco1)c1ccc(Cl)cc1.I. The minimum Gasteiger partial charge on any atom is -0.469 e. The van der Waals surface area contributed by atoms with Gasteiger partial charge in [-0.1, -0.05) is 23.7 Å². The van der Waals surface area contributed by atoms with Gasteiger partial charge in [-0.25, -0.2) is 4.99 Å². The number of carbonyl (C=O) groups excluding carboxylic acids is 1. The Morgan fingerprint density at radius 1 is 1.26 bits per heavy atom. The summed E-state index contributed by atoms with van der Waals surface area (Å²) in [6.07, 6.45) is 2.38. The van der Waals surface area contributed by atoms with Crippen LogP contribution in [0.5, 0.6) is 0 Å². The van der Waals surface area contributed by atoms with Crippen molar-refractivity contribution < 1.29 is 9.21 Å². The van der Waals surface area contributed by atoms with Crippen molar-refractivity contribution in [1.82, 2.24) is 15.5 Å². The fraction of sp³-hybridized carbons (Fsp3) is 0.368. The first-order chi connectivity index (χ1) is 12.5. The Morgan fingerprint density at radius 2 is 1.96 bits per heavy atom. The number of rotatable bonds is 7. The second-order valence-corrected chi connectivity index (χ2v) is 6.56. The molecular formula is C19H26ClIN4O2.